The van der Waals surface area contributed by atoms with Gasteiger partial charge in [-0.3, -0.25) is 4.79 Å². The summed E-state index contributed by atoms with van der Waals surface area (Å²) in [6, 6.07) is 15.3. The Balaban J connectivity index is 2.05. The molecule has 3 rings (SSSR count). The Morgan fingerprint density at radius 2 is 1.92 bits per heavy atom. The van der Waals surface area contributed by atoms with E-state index >= 15 is 0 Å². The highest BCUT2D eigenvalue weighted by molar-refractivity contribution is 6.06. The predicted octanol–water partition coefficient (Wildman–Crippen LogP) is 3.54. The second kappa shape index (κ2) is 7.38. The predicted molar refractivity (Wildman–Crippen MR) is 98.2 cm³/mol. The molecule has 5 heteroatoms. The van der Waals surface area contributed by atoms with Crippen LogP contribution in [0.5, 0.6) is 0 Å². The van der Waals surface area contributed by atoms with Crippen molar-refractivity contribution in [1.82, 2.24) is 0 Å². The number of anilines is 2. The smallest absolute Gasteiger partial charge is 0.337 e. The van der Waals surface area contributed by atoms with Gasteiger partial charge in [0.1, 0.15) is 0 Å². The molecular weight excluding hydrogens is 316 g/mol. The standard InChI is InChI=1S/C20H22N2O3/c1-2-21(14-15-8-4-3-5-9-15)17-11-6-10-16(20(24)25)19(17)22-13-7-12-18(22)23/h3-6,8-11H,2,7,12-14H2,1H3,(H,24,25). The largest absolute Gasteiger partial charge is 0.478 e. The molecule has 0 aliphatic carbocycles. The zero-order valence-corrected chi connectivity index (χ0v) is 14.3. The Bertz CT molecular complexity index is 774. The third kappa shape index (κ3) is 3.50. The molecule has 0 spiro atoms. The molecule has 0 radical (unpaired) electrons. The van der Waals surface area contributed by atoms with Crippen LogP contribution in [0.25, 0.3) is 0 Å². The summed E-state index contributed by atoms with van der Waals surface area (Å²) in [6.07, 6.45) is 1.23. The van der Waals surface area contributed by atoms with Crippen LogP contribution in [0.15, 0.2) is 48.5 Å². The summed E-state index contributed by atoms with van der Waals surface area (Å²) in [5.41, 5.74) is 2.64. The Hall–Kier alpha value is -2.82. The fraction of sp³-hybridized carbons (Fsp3) is 0.300. The van der Waals surface area contributed by atoms with Crippen LogP contribution >= 0.6 is 0 Å². The van der Waals surface area contributed by atoms with Crippen molar-refractivity contribution < 1.29 is 14.7 Å². The van der Waals surface area contributed by atoms with E-state index in [1.165, 1.54) is 0 Å². The molecule has 1 aliphatic heterocycles. The number of carboxylic acids is 1. The normalized spacial score (nSPS) is 14.0. The van der Waals surface area contributed by atoms with E-state index in [1.807, 2.05) is 43.3 Å². The number of hydrogen-bond donors (Lipinski definition) is 1. The number of amides is 1. The van der Waals surface area contributed by atoms with E-state index in [1.54, 1.807) is 17.0 Å². The number of aromatic carboxylic acids is 1. The fourth-order valence-electron chi connectivity index (χ4n) is 3.30. The van der Waals surface area contributed by atoms with Crippen molar-refractivity contribution in [1.29, 1.82) is 0 Å². The van der Waals surface area contributed by atoms with E-state index in [0.717, 1.165) is 17.7 Å². The molecule has 0 aromatic heterocycles. The molecule has 1 amide bonds. The highest BCUT2D eigenvalue weighted by Crippen LogP contribution is 2.36. The van der Waals surface area contributed by atoms with Crippen LogP contribution in [0.2, 0.25) is 0 Å². The summed E-state index contributed by atoms with van der Waals surface area (Å²) in [4.78, 5) is 27.8. The van der Waals surface area contributed by atoms with Crippen LogP contribution in [-0.2, 0) is 11.3 Å². The molecule has 1 fully saturated rings. The molecule has 0 bridgehead atoms. The van der Waals surface area contributed by atoms with Crippen LogP contribution in [0.1, 0.15) is 35.7 Å². The van der Waals surface area contributed by atoms with Gasteiger partial charge in [0.2, 0.25) is 5.91 Å². The maximum absolute atomic E-state index is 12.3. The number of rotatable bonds is 6. The van der Waals surface area contributed by atoms with E-state index in [2.05, 4.69) is 4.90 Å². The second-order valence-corrected chi connectivity index (χ2v) is 6.13. The first kappa shape index (κ1) is 17.0. The minimum Gasteiger partial charge on any atom is -0.478 e. The molecule has 130 valence electrons. The van der Waals surface area contributed by atoms with Crippen molar-refractivity contribution in [2.75, 3.05) is 22.9 Å². The molecule has 0 saturated carbocycles. The lowest BCUT2D eigenvalue weighted by Crippen LogP contribution is -2.30. The minimum atomic E-state index is -1.01. The lowest BCUT2D eigenvalue weighted by atomic mass is 10.1. The van der Waals surface area contributed by atoms with Gasteiger partial charge in [-0.1, -0.05) is 36.4 Å². The Kier molecular flexibility index (Phi) is 5.03. The average Bonchev–Trinajstić information content (AvgIpc) is 3.05. The fourth-order valence-corrected chi connectivity index (χ4v) is 3.30. The lowest BCUT2D eigenvalue weighted by Gasteiger charge is -2.30. The summed E-state index contributed by atoms with van der Waals surface area (Å²) in [6.45, 7) is 3.98. The molecule has 25 heavy (non-hydrogen) atoms. The van der Waals surface area contributed by atoms with Gasteiger partial charge in [0, 0.05) is 26.1 Å². The van der Waals surface area contributed by atoms with Gasteiger partial charge in [0.15, 0.2) is 0 Å². The van der Waals surface area contributed by atoms with E-state index < -0.39 is 5.97 Å². The Labute approximate surface area is 147 Å². The SMILES string of the molecule is CCN(Cc1ccccc1)c1cccc(C(=O)O)c1N1CCCC1=O. The minimum absolute atomic E-state index is 0.00860. The number of carbonyl (C=O) groups excluding carboxylic acids is 1. The molecule has 2 aromatic rings. The van der Waals surface area contributed by atoms with Crippen molar-refractivity contribution in [3.05, 3.63) is 59.7 Å². The molecule has 1 aliphatic rings. The van der Waals surface area contributed by atoms with Gasteiger partial charge in [-0.25, -0.2) is 4.79 Å². The number of hydrogen-bond acceptors (Lipinski definition) is 3. The van der Waals surface area contributed by atoms with E-state index in [0.29, 0.717) is 31.7 Å². The van der Waals surface area contributed by atoms with Gasteiger partial charge in [-0.15, -0.1) is 0 Å². The van der Waals surface area contributed by atoms with Crippen LogP contribution in [0.3, 0.4) is 0 Å². The Morgan fingerprint density at radius 1 is 1.16 bits per heavy atom. The molecule has 1 heterocycles. The average molecular weight is 338 g/mol. The van der Waals surface area contributed by atoms with E-state index in [9.17, 15) is 14.7 Å². The first-order valence-corrected chi connectivity index (χ1v) is 8.57. The van der Waals surface area contributed by atoms with Crippen LogP contribution in [0.4, 0.5) is 11.4 Å². The number of nitrogens with zero attached hydrogens (tertiary/aromatic N) is 2. The van der Waals surface area contributed by atoms with Crippen molar-refractivity contribution in [2.45, 2.75) is 26.3 Å². The third-order valence-electron chi connectivity index (χ3n) is 4.53. The number of carboxylic acid groups (broad SMARTS) is 1. The van der Waals surface area contributed by atoms with Crippen molar-refractivity contribution in [3.63, 3.8) is 0 Å². The summed E-state index contributed by atoms with van der Waals surface area (Å²) in [5.74, 6) is -1.02. The summed E-state index contributed by atoms with van der Waals surface area (Å²) in [7, 11) is 0. The monoisotopic (exact) mass is 338 g/mol. The highest BCUT2D eigenvalue weighted by Gasteiger charge is 2.29. The van der Waals surface area contributed by atoms with Gasteiger partial charge < -0.3 is 14.9 Å². The zero-order chi connectivity index (χ0) is 17.8. The molecule has 1 N–H and O–H groups in total. The number of carbonyl (C=O) groups is 2. The summed E-state index contributed by atoms with van der Waals surface area (Å²) in [5, 5.41) is 9.62. The first-order chi connectivity index (χ1) is 12.1. The third-order valence-corrected chi connectivity index (χ3v) is 4.53. The maximum atomic E-state index is 12.3. The summed E-state index contributed by atoms with van der Waals surface area (Å²) >= 11 is 0. The molecule has 0 atom stereocenters. The van der Waals surface area contributed by atoms with Crippen molar-refractivity contribution in [2.24, 2.45) is 0 Å². The van der Waals surface area contributed by atoms with Gasteiger partial charge >= 0.3 is 5.97 Å². The van der Waals surface area contributed by atoms with Crippen LogP contribution in [0, 0.1) is 0 Å². The highest BCUT2D eigenvalue weighted by atomic mass is 16.4. The van der Waals surface area contributed by atoms with Gasteiger partial charge in [0.25, 0.3) is 0 Å². The molecular formula is C20H22N2O3. The molecule has 0 unspecified atom stereocenters. The number of benzene rings is 2. The first-order valence-electron chi connectivity index (χ1n) is 8.57. The molecule has 1 saturated heterocycles. The lowest BCUT2D eigenvalue weighted by molar-refractivity contribution is -0.117. The van der Waals surface area contributed by atoms with Crippen LogP contribution < -0.4 is 9.80 Å². The van der Waals surface area contributed by atoms with Crippen LogP contribution in [-0.4, -0.2) is 30.1 Å². The number of para-hydroxylation sites is 1. The van der Waals surface area contributed by atoms with Gasteiger partial charge in [-0.2, -0.15) is 0 Å². The topological polar surface area (TPSA) is 60.9 Å². The molecule has 2 aromatic carbocycles. The van der Waals surface area contributed by atoms with Crippen molar-refractivity contribution in [3.8, 4) is 0 Å². The van der Waals surface area contributed by atoms with Gasteiger partial charge in [-0.05, 0) is 31.0 Å². The van der Waals surface area contributed by atoms with Crippen molar-refractivity contribution >= 4 is 23.3 Å². The zero-order valence-electron chi connectivity index (χ0n) is 14.3. The summed E-state index contributed by atoms with van der Waals surface area (Å²) < 4.78 is 0. The second-order valence-electron chi connectivity index (χ2n) is 6.13. The van der Waals surface area contributed by atoms with Gasteiger partial charge in [0.05, 0.1) is 16.9 Å². The molecule has 5 nitrogen and oxygen atoms in total. The quantitative estimate of drug-likeness (QED) is 0.875. The Morgan fingerprint density at radius 3 is 2.52 bits per heavy atom. The maximum Gasteiger partial charge on any atom is 0.337 e. The van der Waals surface area contributed by atoms with E-state index in [-0.39, 0.29) is 11.5 Å². The van der Waals surface area contributed by atoms with E-state index in [4.69, 9.17) is 0 Å².